The quantitative estimate of drug-likeness (QED) is 0.456. The fraction of sp³-hybridized carbons (Fsp3) is 0.0588. The van der Waals surface area contributed by atoms with Crippen molar-refractivity contribution in [3.05, 3.63) is 58.5 Å². The normalized spacial score (nSPS) is 10.8. The van der Waals surface area contributed by atoms with Gasteiger partial charge in [-0.25, -0.2) is 9.97 Å². The van der Waals surface area contributed by atoms with Crippen LogP contribution in [0.4, 0.5) is 11.4 Å². The number of aryl methyl sites for hydroxylation is 1. The second-order valence-corrected chi connectivity index (χ2v) is 6.16. The van der Waals surface area contributed by atoms with Crippen LogP contribution >= 0.6 is 35.6 Å². The van der Waals surface area contributed by atoms with Crippen molar-refractivity contribution in [3.8, 4) is 0 Å². The van der Waals surface area contributed by atoms with Crippen LogP contribution in [0.15, 0.2) is 42.7 Å². The molecule has 2 aromatic heterocycles. The van der Waals surface area contributed by atoms with Crippen LogP contribution in [-0.2, 0) is 0 Å². The summed E-state index contributed by atoms with van der Waals surface area (Å²) in [6.45, 7) is 2.01. The van der Waals surface area contributed by atoms with E-state index in [-0.39, 0.29) is 12.4 Å². The number of imidazole rings is 1. The average Bonchev–Trinajstić information content (AvgIpc) is 2.99. The molecule has 24 heavy (non-hydrogen) atoms. The summed E-state index contributed by atoms with van der Waals surface area (Å²) in [6.07, 6.45) is 1.58. The minimum absolute atomic E-state index is 0. The predicted octanol–water partition coefficient (Wildman–Crippen LogP) is 5.89. The molecule has 0 aliphatic carbocycles. The van der Waals surface area contributed by atoms with Crippen LogP contribution in [0.5, 0.6) is 0 Å². The number of anilines is 2. The molecule has 0 saturated carbocycles. The van der Waals surface area contributed by atoms with E-state index in [0.29, 0.717) is 10.0 Å². The number of pyridine rings is 1. The first-order valence-corrected chi connectivity index (χ1v) is 7.82. The molecule has 2 N–H and O–H groups in total. The minimum atomic E-state index is 0. The van der Waals surface area contributed by atoms with E-state index >= 15 is 0 Å². The highest BCUT2D eigenvalue weighted by Gasteiger charge is 2.10. The number of halogens is 3. The van der Waals surface area contributed by atoms with Gasteiger partial charge in [0, 0.05) is 22.3 Å². The first-order valence-electron chi connectivity index (χ1n) is 7.07. The molecule has 0 aliphatic rings. The highest BCUT2D eigenvalue weighted by atomic mass is 35.5. The van der Waals surface area contributed by atoms with Crippen LogP contribution in [0.2, 0.25) is 10.0 Å². The van der Waals surface area contributed by atoms with Crippen molar-refractivity contribution in [1.29, 1.82) is 0 Å². The molecule has 2 heterocycles. The Morgan fingerprint density at radius 1 is 1.00 bits per heavy atom. The number of nitrogens with one attached hydrogen (secondary N) is 2. The van der Waals surface area contributed by atoms with Gasteiger partial charge in [0.25, 0.3) is 0 Å². The molecule has 0 radical (unpaired) electrons. The lowest BCUT2D eigenvalue weighted by Crippen LogP contribution is -1.95. The second kappa shape index (κ2) is 6.48. The van der Waals surface area contributed by atoms with Gasteiger partial charge in [0.05, 0.1) is 21.2 Å². The summed E-state index contributed by atoms with van der Waals surface area (Å²) in [6, 6.07) is 11.5. The molecule has 4 aromatic rings. The number of hydrogen-bond acceptors (Lipinski definition) is 3. The molecule has 0 unspecified atom stereocenters. The number of hydrogen-bond donors (Lipinski definition) is 2. The van der Waals surface area contributed by atoms with E-state index in [1.807, 2.05) is 31.2 Å². The zero-order valence-electron chi connectivity index (χ0n) is 12.6. The lowest BCUT2D eigenvalue weighted by molar-refractivity contribution is 1.26. The third kappa shape index (κ3) is 2.88. The van der Waals surface area contributed by atoms with Gasteiger partial charge in [0.2, 0.25) is 0 Å². The molecule has 0 atom stereocenters. The molecule has 0 saturated heterocycles. The maximum absolute atomic E-state index is 6.11. The zero-order chi connectivity index (χ0) is 16.0. The van der Waals surface area contributed by atoms with Crippen LogP contribution in [-0.4, -0.2) is 15.0 Å². The van der Waals surface area contributed by atoms with E-state index in [4.69, 9.17) is 23.2 Å². The number of rotatable bonds is 2. The minimum Gasteiger partial charge on any atom is -0.358 e. The molecular formula is C17H13Cl3N4. The van der Waals surface area contributed by atoms with Gasteiger partial charge in [-0.15, -0.1) is 12.4 Å². The van der Waals surface area contributed by atoms with Crippen molar-refractivity contribution >= 4 is 68.9 Å². The van der Waals surface area contributed by atoms with E-state index in [1.54, 1.807) is 18.5 Å². The number of benzene rings is 2. The van der Waals surface area contributed by atoms with E-state index in [9.17, 15) is 0 Å². The summed E-state index contributed by atoms with van der Waals surface area (Å²) < 4.78 is 0. The Bertz CT molecular complexity index is 1040. The van der Waals surface area contributed by atoms with E-state index in [0.717, 1.165) is 39.0 Å². The van der Waals surface area contributed by atoms with E-state index in [1.165, 1.54) is 0 Å². The summed E-state index contributed by atoms with van der Waals surface area (Å²) in [5, 5.41) is 5.45. The number of aromatic nitrogens is 3. The standard InChI is InChI=1S/C17H12Cl2N4.ClH/c1-9-6-15(23-10-2-3-11(18)12(19)7-10)16-13(22-9)4-5-14-17(16)21-8-20-14;/h2-8,22-23H,1H3;1H. The second-order valence-electron chi connectivity index (χ2n) is 5.35. The summed E-state index contributed by atoms with van der Waals surface area (Å²) >= 11 is 12.1. The third-order valence-electron chi connectivity index (χ3n) is 3.70. The molecule has 122 valence electrons. The summed E-state index contributed by atoms with van der Waals surface area (Å²) in [4.78, 5) is 12.0. The van der Waals surface area contributed by atoms with Gasteiger partial charge in [-0.2, -0.15) is 0 Å². The van der Waals surface area contributed by atoms with Crippen LogP contribution < -0.4 is 5.32 Å². The Labute approximate surface area is 154 Å². The van der Waals surface area contributed by atoms with Crippen molar-refractivity contribution in [2.75, 3.05) is 5.32 Å². The van der Waals surface area contributed by atoms with E-state index < -0.39 is 0 Å². The Hall–Kier alpha value is -2.01. The molecule has 0 aliphatic heterocycles. The monoisotopic (exact) mass is 378 g/mol. The van der Waals surface area contributed by atoms with E-state index in [2.05, 4.69) is 20.3 Å². The SMILES string of the molecule is Cc1cc(Nc2ccc(Cl)c(Cl)c2)c2c(ccc3ncnc32)[nH]1.Cl. The first-order chi connectivity index (χ1) is 11.1. The van der Waals surface area contributed by atoms with Crippen molar-refractivity contribution in [1.82, 2.24) is 15.0 Å². The lowest BCUT2D eigenvalue weighted by atomic mass is 10.1. The molecule has 0 bridgehead atoms. The molecule has 0 fully saturated rings. The summed E-state index contributed by atoms with van der Waals surface area (Å²) in [7, 11) is 0. The highest BCUT2D eigenvalue weighted by Crippen LogP contribution is 2.33. The van der Waals surface area contributed by atoms with Gasteiger partial charge in [-0.05, 0) is 43.3 Å². The van der Waals surface area contributed by atoms with Crippen molar-refractivity contribution < 1.29 is 0 Å². The average molecular weight is 380 g/mol. The Balaban J connectivity index is 0.00000169. The number of fused-ring (bicyclic) bond motifs is 3. The van der Waals surface area contributed by atoms with Crippen LogP contribution in [0.1, 0.15) is 5.69 Å². The first kappa shape index (κ1) is 16.8. The van der Waals surface area contributed by atoms with Gasteiger partial charge in [0.15, 0.2) is 0 Å². The maximum atomic E-state index is 6.11. The fourth-order valence-corrected chi connectivity index (χ4v) is 3.00. The molecule has 4 nitrogen and oxygen atoms in total. The summed E-state index contributed by atoms with van der Waals surface area (Å²) in [5.41, 5.74) is 5.58. The van der Waals surface area contributed by atoms with Gasteiger partial charge >= 0.3 is 0 Å². The Morgan fingerprint density at radius 3 is 2.62 bits per heavy atom. The largest absolute Gasteiger partial charge is 0.358 e. The Kier molecular flexibility index (Phi) is 4.54. The molecule has 7 heteroatoms. The molecule has 0 spiro atoms. The summed E-state index contributed by atoms with van der Waals surface area (Å²) in [5.74, 6) is 0. The number of H-pyrrole nitrogens is 1. The van der Waals surface area contributed by atoms with Gasteiger partial charge in [0.1, 0.15) is 11.8 Å². The van der Waals surface area contributed by atoms with Crippen molar-refractivity contribution in [2.45, 2.75) is 6.92 Å². The molecule has 0 amide bonds. The van der Waals surface area contributed by atoms with Gasteiger partial charge in [-0.1, -0.05) is 23.2 Å². The zero-order valence-corrected chi connectivity index (χ0v) is 14.9. The highest BCUT2D eigenvalue weighted by molar-refractivity contribution is 6.42. The lowest BCUT2D eigenvalue weighted by Gasteiger charge is -2.12. The predicted molar refractivity (Wildman–Crippen MR) is 103 cm³/mol. The molecule has 4 rings (SSSR count). The van der Waals surface area contributed by atoms with Gasteiger partial charge < -0.3 is 10.3 Å². The van der Waals surface area contributed by atoms with Crippen molar-refractivity contribution in [3.63, 3.8) is 0 Å². The van der Waals surface area contributed by atoms with Crippen LogP contribution in [0, 0.1) is 6.92 Å². The smallest absolute Gasteiger partial charge is 0.116 e. The van der Waals surface area contributed by atoms with Gasteiger partial charge in [-0.3, -0.25) is 0 Å². The van der Waals surface area contributed by atoms with Crippen LogP contribution in [0.3, 0.4) is 0 Å². The Morgan fingerprint density at radius 2 is 1.83 bits per heavy atom. The topological polar surface area (TPSA) is 53.6 Å². The van der Waals surface area contributed by atoms with Crippen molar-refractivity contribution in [2.24, 2.45) is 0 Å². The molecular weight excluding hydrogens is 367 g/mol. The molecule has 2 aromatic carbocycles. The number of aromatic amines is 1. The third-order valence-corrected chi connectivity index (χ3v) is 4.44. The van der Waals surface area contributed by atoms with Crippen LogP contribution in [0.25, 0.3) is 21.9 Å². The number of nitrogens with zero attached hydrogens (tertiary/aromatic N) is 2. The maximum Gasteiger partial charge on any atom is 0.116 e. The fourth-order valence-electron chi connectivity index (χ4n) is 2.71.